The summed E-state index contributed by atoms with van der Waals surface area (Å²) >= 11 is 0. The number of carbonyl (C=O) groups excluding carboxylic acids is 5. The van der Waals surface area contributed by atoms with E-state index < -0.39 is 51.2 Å². The molecule has 0 radical (unpaired) electrons. The van der Waals surface area contributed by atoms with Gasteiger partial charge in [0, 0.05) is 135 Å². The van der Waals surface area contributed by atoms with Crippen LogP contribution in [0.15, 0.2) is 128 Å². The van der Waals surface area contributed by atoms with Gasteiger partial charge in [0.15, 0.2) is 86.0 Å². The van der Waals surface area contributed by atoms with Gasteiger partial charge in [-0.25, -0.2) is 22.0 Å². The van der Waals surface area contributed by atoms with Crippen molar-refractivity contribution in [2.75, 3.05) is 130 Å². The molecule has 0 bridgehead atoms. The number of esters is 2. The molecule has 0 spiro atoms. The Kier molecular flexibility index (Phi) is 35.0. The van der Waals surface area contributed by atoms with Crippen molar-refractivity contribution in [3.05, 3.63) is 229 Å². The fourth-order valence-corrected chi connectivity index (χ4v) is 17.7. The predicted octanol–water partition coefficient (Wildman–Crippen LogP) is 16.6. The van der Waals surface area contributed by atoms with Crippen LogP contribution in [0.2, 0.25) is 0 Å². The summed E-state index contributed by atoms with van der Waals surface area (Å²) in [6.07, 6.45) is 23.2. The van der Waals surface area contributed by atoms with Crippen LogP contribution in [0.3, 0.4) is 0 Å². The summed E-state index contributed by atoms with van der Waals surface area (Å²) in [4.78, 5) is 139. The number of ketones is 3. The molecule has 0 amide bonds. The zero-order valence-electron chi connectivity index (χ0n) is 83.8. The third-order valence-electron chi connectivity index (χ3n) is 25.2. The minimum absolute atomic E-state index is 0.00101. The highest BCUT2D eigenvalue weighted by atomic mass is 19.1. The summed E-state index contributed by atoms with van der Waals surface area (Å²) in [5.74, 6) is -4.69. The number of nitrogen functional groups attached to an aromatic ring is 5. The molecule has 40 heteroatoms. The zero-order valence-corrected chi connectivity index (χ0v) is 83.8. The van der Waals surface area contributed by atoms with Crippen LogP contribution in [-0.4, -0.2) is 148 Å². The number of aromatic nitrogens is 8. The Morgan fingerprint density at radius 3 is 1.19 bits per heavy atom. The van der Waals surface area contributed by atoms with E-state index >= 15 is 8.78 Å². The molecule has 4 fully saturated rings. The van der Waals surface area contributed by atoms with E-state index in [2.05, 4.69) is 46.5 Å². The molecule has 4 saturated carbocycles. The maximum atomic E-state index is 15.5. The second-order valence-electron chi connectivity index (χ2n) is 36.0. The van der Waals surface area contributed by atoms with E-state index in [1.807, 2.05) is 86.7 Å². The average molecular weight is 2020 g/mol. The number of halogens is 5. The van der Waals surface area contributed by atoms with Gasteiger partial charge in [-0.3, -0.25) is 62.9 Å². The van der Waals surface area contributed by atoms with Crippen molar-refractivity contribution < 1.29 is 79.1 Å². The first kappa shape index (κ1) is 107. The van der Waals surface area contributed by atoms with E-state index in [-0.39, 0.29) is 239 Å². The number of pyridine rings is 8. The van der Waals surface area contributed by atoms with Gasteiger partial charge in [-0.15, -0.1) is 0 Å². The minimum Gasteiger partial charge on any atom is -0.492 e. The number of Topliss-reactive ketones (excluding diaryl/α,β-unsaturated/α-hetero) is 3. The molecule has 146 heavy (non-hydrogen) atoms. The van der Waals surface area contributed by atoms with E-state index in [1.165, 1.54) is 61.5 Å². The number of nitrogens with zero attached hydrogens (tertiary/aromatic N) is 7. The number of hydrogen-bond donors (Lipinski definition) is 11. The number of rotatable bonds is 38. The van der Waals surface area contributed by atoms with Crippen molar-refractivity contribution in [1.29, 1.82) is 0 Å². The molecule has 13 aromatic rings. The Morgan fingerprint density at radius 2 is 0.795 bits per heavy atom. The van der Waals surface area contributed by atoms with Gasteiger partial charge in [-0.2, -0.15) is 0 Å². The van der Waals surface area contributed by atoms with E-state index in [4.69, 9.17) is 61.8 Å². The molecular weight excluding hydrogens is 1890 g/mol. The zero-order chi connectivity index (χ0) is 106. The molecule has 4 aliphatic rings. The normalized spacial score (nSPS) is 13.0. The van der Waals surface area contributed by atoms with E-state index in [1.54, 1.807) is 64.9 Å². The summed E-state index contributed by atoms with van der Waals surface area (Å²) in [7, 11) is 5.65. The van der Waals surface area contributed by atoms with Crippen molar-refractivity contribution in [2.45, 2.75) is 195 Å². The van der Waals surface area contributed by atoms with Crippen LogP contribution in [0, 0.1) is 42.9 Å². The number of nitrogens with two attached hydrogens (primary N) is 5. The summed E-state index contributed by atoms with van der Waals surface area (Å²) in [5, 5.41) is 15.1. The molecule has 8 aromatic heterocycles. The molecule has 0 unspecified atom stereocenters. The first-order valence-corrected chi connectivity index (χ1v) is 48.4. The average Bonchev–Trinajstić information content (AvgIpc) is 0.987. The molecule has 4 aliphatic carbocycles. The van der Waals surface area contributed by atoms with Gasteiger partial charge in [0.05, 0.1) is 160 Å². The lowest BCUT2D eigenvalue weighted by Gasteiger charge is -2.23. The van der Waals surface area contributed by atoms with Gasteiger partial charge in [-0.1, -0.05) is 18.2 Å². The Hall–Kier alpha value is -15.8. The van der Waals surface area contributed by atoms with Gasteiger partial charge in [-0.05, 0) is 189 Å². The Balaban J connectivity index is 0.000000153. The van der Waals surface area contributed by atoms with Crippen molar-refractivity contribution in [1.82, 2.24) is 38.2 Å². The molecule has 0 atom stereocenters. The topological polar surface area (TPSA) is 500 Å². The van der Waals surface area contributed by atoms with Crippen molar-refractivity contribution in [2.24, 2.45) is 0 Å². The molecule has 35 nitrogen and oxygen atoms in total. The smallest absolute Gasteiger partial charge is 0.307 e. The minimum atomic E-state index is -0.784. The third-order valence-corrected chi connectivity index (χ3v) is 25.2. The van der Waals surface area contributed by atoms with Crippen LogP contribution >= 0.6 is 0 Å². The molecule has 16 N–H and O–H groups in total. The van der Waals surface area contributed by atoms with Crippen LogP contribution in [0.4, 0.5) is 78.8 Å². The van der Waals surface area contributed by atoms with E-state index in [0.717, 1.165) is 94.1 Å². The molecule has 5 aromatic carbocycles. The number of H-pyrrole nitrogens is 1. The number of benzene rings is 5. The molecular formula is C106H123F5N18O17. The SMILES string of the molecule is CC(=O)c1cn(C2CC2)c2c(OC(C)C)c(NCCCc3ccccn3)c(F)c(N)c2c1=O.CCOC(=O)CCNc1c(F)c(N)c2c(=O)c(C)cn(C3CC3)c2c1OC.CCOC(=O)CCNc1c(F)c(N)c2c(=O)ccn(C3CC3)c2c1OC.COc1c(NCCCc2ccccn2)c(F)c(N)c2c(=O)c(C(C)=O)c(C)n(C3CC3)c12.COc1c(NCCCc2ccccn2)c(F)c(N)c2c(=O)c(C(C)=O)c[nH]c12. The highest BCUT2D eigenvalue weighted by Crippen LogP contribution is 2.51. The quantitative estimate of drug-likeness (QED) is 0.00563. The summed E-state index contributed by atoms with van der Waals surface area (Å²) < 4.78 is 121. The van der Waals surface area contributed by atoms with Gasteiger partial charge in [0.2, 0.25) is 16.3 Å². The summed E-state index contributed by atoms with van der Waals surface area (Å²) in [5.41, 5.74) is 32.8. The number of aryl methyl sites for hydroxylation is 4. The molecule has 8 heterocycles. The van der Waals surface area contributed by atoms with Gasteiger partial charge in [0.25, 0.3) is 0 Å². The van der Waals surface area contributed by atoms with Crippen molar-refractivity contribution >= 4 is 141 Å². The third kappa shape index (κ3) is 23.5. The first-order valence-electron chi connectivity index (χ1n) is 48.4. The second kappa shape index (κ2) is 47.6. The summed E-state index contributed by atoms with van der Waals surface area (Å²) in [6, 6.07) is 19.2. The van der Waals surface area contributed by atoms with Crippen LogP contribution in [0.25, 0.3) is 54.5 Å². The molecule has 774 valence electrons. The lowest BCUT2D eigenvalue weighted by Crippen LogP contribution is -2.23. The number of carbonyl (C=O) groups is 5. The number of fused-ring (bicyclic) bond motifs is 5. The van der Waals surface area contributed by atoms with Crippen molar-refractivity contribution in [3.63, 3.8) is 0 Å². The fraction of sp³-hybridized carbons (Fsp3) is 0.387. The number of aromatic amines is 1. The number of ether oxygens (including phenoxy) is 7. The van der Waals surface area contributed by atoms with E-state index in [9.17, 15) is 61.1 Å². The predicted molar refractivity (Wildman–Crippen MR) is 556 cm³/mol. The van der Waals surface area contributed by atoms with Gasteiger partial charge >= 0.3 is 11.9 Å². The lowest BCUT2D eigenvalue weighted by atomic mass is 10.0. The number of methoxy groups -OCH3 is 4. The van der Waals surface area contributed by atoms with Gasteiger partial charge in [0.1, 0.15) is 28.4 Å². The standard InChI is InChI=1S/C25H29FN4O3.C24H27FN4O3.C20H21FN4O3.C19H24FN3O4.C18H22FN3O4/c1-14(2)33-25-22(29-12-6-8-16-7-4-5-11-28-16)20(26)21(27)19-23(25)30(17-9-10-17)13-18(15(3)31)24(19)32;1-13-17(14(2)30)23(31)18-20(26)19(25)21(24(32-3)22(18)29(13)16-9-10-16)28-12-6-8-15-7-4-5-11-27-15;1-11(26)13-10-25-17-14(19(13)27)16(22)15(21)18(20(17)28-2)24-9-5-7-12-6-3-4-8-23-12;1-4-27-12(24)7-8-22-16-14(20)15(21)13-17(19(16)26-3)23(11-5-6-11)9-10(2)18(13)25;1-3-26-12(24)6-8-21-16-14(19)15(20)13-11(23)7-9-22(10-4-5-10)17(13)18(16)25-2/h4-5,7,11,13-14,17,29H,6,8-10,12,27H2,1-3H3;4-5,7,11,16,28H,6,8-10,12,26H2,1-3H3;3-4,6,8,10,24H,5,7,9,22H2,1-2H3,(H,25,27);9,11,22H,4-8,21H2,1-3H3;7,9-10,21H,3-6,8,20H2,1-2H3. The largest absolute Gasteiger partial charge is 0.492 e. The summed E-state index contributed by atoms with van der Waals surface area (Å²) in [6.45, 7) is 16.7. The highest BCUT2D eigenvalue weighted by molar-refractivity contribution is 6.09. The van der Waals surface area contributed by atoms with E-state index in [0.29, 0.717) is 65.8 Å². The Bertz CT molecular complexity index is 7460. The fourth-order valence-electron chi connectivity index (χ4n) is 17.7. The Labute approximate surface area is 836 Å². The highest BCUT2D eigenvalue weighted by Gasteiger charge is 2.38. The monoisotopic (exact) mass is 2010 g/mol. The maximum Gasteiger partial charge on any atom is 0.307 e. The van der Waals surface area contributed by atoms with Crippen LogP contribution in [0.1, 0.15) is 216 Å². The number of nitrogens with one attached hydrogen (secondary N) is 6. The van der Waals surface area contributed by atoms with Crippen LogP contribution < -0.4 is 106 Å². The maximum absolute atomic E-state index is 15.5. The second-order valence-corrected chi connectivity index (χ2v) is 36.0. The Morgan fingerprint density at radius 1 is 0.432 bits per heavy atom. The number of hydrogen-bond acceptors (Lipinski definition) is 30. The lowest BCUT2D eigenvalue weighted by molar-refractivity contribution is -0.143. The molecule has 17 rings (SSSR count). The van der Waals surface area contributed by atoms with Crippen LogP contribution in [0.5, 0.6) is 28.7 Å². The van der Waals surface area contributed by atoms with Gasteiger partial charge < -0.3 is 112 Å². The molecule has 0 saturated heterocycles. The van der Waals surface area contributed by atoms with Crippen LogP contribution in [-0.2, 0) is 38.3 Å². The molecule has 0 aliphatic heterocycles. The number of anilines is 10. The first-order chi connectivity index (χ1) is 70.0. The van der Waals surface area contributed by atoms with Crippen molar-refractivity contribution in [3.8, 4) is 28.7 Å².